The molecule has 0 saturated carbocycles. The number of H-pyrrole nitrogens is 1. The maximum atomic E-state index is 6.23. The molecule has 0 fully saturated rings. The molecule has 0 radical (unpaired) electrons. The Morgan fingerprint density at radius 3 is 2.60 bits per heavy atom. The lowest BCUT2D eigenvalue weighted by Gasteiger charge is -2.10. The molecule has 0 amide bonds. The van der Waals surface area contributed by atoms with Crippen LogP contribution >= 0.6 is 0 Å². The molecule has 6 nitrogen and oxygen atoms in total. The van der Waals surface area contributed by atoms with Gasteiger partial charge in [0, 0.05) is 49.0 Å². The Morgan fingerprint density at radius 1 is 1.08 bits per heavy atom. The minimum absolute atomic E-state index is 0.350. The van der Waals surface area contributed by atoms with Gasteiger partial charge in [-0.15, -0.1) is 0 Å². The second-order valence-electron chi connectivity index (χ2n) is 6.11. The molecule has 6 heteroatoms. The van der Waals surface area contributed by atoms with Crippen molar-refractivity contribution in [3.8, 4) is 0 Å². The SMILES string of the molecule is Cc1cnc2[nH]cc(Cc3cnc(C(N)c4ccncc4)nc3)c2c1. The highest BCUT2D eigenvalue weighted by molar-refractivity contribution is 5.80. The number of aryl methyl sites for hydroxylation is 1. The number of nitrogens with one attached hydrogen (secondary N) is 1. The first-order chi connectivity index (χ1) is 12.2. The van der Waals surface area contributed by atoms with Crippen LogP contribution < -0.4 is 5.73 Å². The van der Waals surface area contributed by atoms with E-state index in [1.165, 1.54) is 5.56 Å². The van der Waals surface area contributed by atoms with Gasteiger partial charge >= 0.3 is 0 Å². The summed E-state index contributed by atoms with van der Waals surface area (Å²) >= 11 is 0. The number of aromatic amines is 1. The summed E-state index contributed by atoms with van der Waals surface area (Å²) in [5.41, 5.74) is 11.4. The summed E-state index contributed by atoms with van der Waals surface area (Å²) in [5.74, 6) is 0.603. The van der Waals surface area contributed by atoms with Crippen molar-refractivity contribution in [1.29, 1.82) is 0 Å². The summed E-state index contributed by atoms with van der Waals surface area (Å²) in [4.78, 5) is 20.5. The van der Waals surface area contributed by atoms with Crippen LogP contribution in [0.25, 0.3) is 11.0 Å². The number of aromatic nitrogens is 5. The Morgan fingerprint density at radius 2 is 1.84 bits per heavy atom. The van der Waals surface area contributed by atoms with Crippen molar-refractivity contribution in [2.45, 2.75) is 19.4 Å². The van der Waals surface area contributed by atoms with E-state index in [4.69, 9.17) is 5.73 Å². The summed E-state index contributed by atoms with van der Waals surface area (Å²) in [6, 6.07) is 5.55. The number of nitrogens with zero attached hydrogens (tertiary/aromatic N) is 4. The average molecular weight is 330 g/mol. The monoisotopic (exact) mass is 330 g/mol. The largest absolute Gasteiger partial charge is 0.346 e. The van der Waals surface area contributed by atoms with E-state index in [2.05, 4.69) is 31.0 Å². The molecule has 0 aliphatic rings. The molecule has 0 aliphatic carbocycles. The van der Waals surface area contributed by atoms with Crippen molar-refractivity contribution in [1.82, 2.24) is 24.9 Å². The standard InChI is InChI=1S/C19H18N6/c1-12-6-16-15(11-25-18(16)22-8-12)7-13-9-23-19(24-10-13)17(20)14-2-4-21-5-3-14/h2-6,8-11,17H,7,20H2,1H3,(H,22,25). The molecule has 1 unspecified atom stereocenters. The quantitative estimate of drug-likeness (QED) is 0.600. The summed E-state index contributed by atoms with van der Waals surface area (Å²) in [6.45, 7) is 2.04. The first kappa shape index (κ1) is 15.4. The molecular weight excluding hydrogens is 312 g/mol. The molecule has 4 heterocycles. The van der Waals surface area contributed by atoms with E-state index in [0.29, 0.717) is 5.82 Å². The normalized spacial score (nSPS) is 12.4. The first-order valence-electron chi connectivity index (χ1n) is 8.09. The van der Waals surface area contributed by atoms with E-state index in [1.54, 1.807) is 12.4 Å². The second kappa shape index (κ2) is 6.41. The molecule has 0 spiro atoms. The highest BCUT2D eigenvalue weighted by atomic mass is 14.9. The summed E-state index contributed by atoms with van der Waals surface area (Å²) < 4.78 is 0. The maximum Gasteiger partial charge on any atom is 0.149 e. The highest BCUT2D eigenvalue weighted by Crippen LogP contribution is 2.21. The second-order valence-corrected chi connectivity index (χ2v) is 6.11. The number of pyridine rings is 2. The van der Waals surface area contributed by atoms with E-state index in [1.807, 2.05) is 43.8 Å². The van der Waals surface area contributed by atoms with Gasteiger partial charge in [-0.05, 0) is 47.4 Å². The molecule has 0 aliphatic heterocycles. The van der Waals surface area contributed by atoms with Gasteiger partial charge in [0.1, 0.15) is 11.5 Å². The predicted octanol–water partition coefficient (Wildman–Crippen LogP) is 2.70. The van der Waals surface area contributed by atoms with E-state index in [-0.39, 0.29) is 6.04 Å². The summed E-state index contributed by atoms with van der Waals surface area (Å²) in [5, 5.41) is 1.14. The van der Waals surface area contributed by atoms with Gasteiger partial charge in [0.05, 0.1) is 6.04 Å². The molecule has 124 valence electrons. The van der Waals surface area contributed by atoms with Crippen molar-refractivity contribution < 1.29 is 0 Å². The Balaban J connectivity index is 1.57. The fourth-order valence-electron chi connectivity index (χ4n) is 2.86. The Bertz CT molecular complexity index is 992. The zero-order chi connectivity index (χ0) is 17.2. The van der Waals surface area contributed by atoms with Crippen LogP contribution in [0.15, 0.2) is 55.4 Å². The van der Waals surface area contributed by atoms with Gasteiger partial charge in [-0.3, -0.25) is 4.98 Å². The third-order valence-corrected chi connectivity index (χ3v) is 4.22. The minimum atomic E-state index is -0.350. The number of fused-ring (bicyclic) bond motifs is 1. The molecular formula is C19H18N6. The van der Waals surface area contributed by atoms with Gasteiger partial charge in [-0.25, -0.2) is 15.0 Å². The summed E-state index contributed by atoms with van der Waals surface area (Å²) in [7, 11) is 0. The molecule has 1 atom stereocenters. The fraction of sp³-hybridized carbons (Fsp3) is 0.158. The zero-order valence-corrected chi connectivity index (χ0v) is 13.8. The van der Waals surface area contributed by atoms with Crippen LogP contribution in [0, 0.1) is 6.92 Å². The Labute approximate surface area is 145 Å². The average Bonchev–Trinajstić information content (AvgIpc) is 3.04. The van der Waals surface area contributed by atoms with E-state index in [9.17, 15) is 0 Å². The highest BCUT2D eigenvalue weighted by Gasteiger charge is 2.12. The van der Waals surface area contributed by atoms with Crippen molar-refractivity contribution in [3.05, 3.63) is 83.5 Å². The van der Waals surface area contributed by atoms with Crippen LogP contribution in [0.1, 0.15) is 34.1 Å². The number of nitrogens with two attached hydrogens (primary N) is 1. The smallest absolute Gasteiger partial charge is 0.149 e. The Kier molecular flexibility index (Phi) is 3.95. The zero-order valence-electron chi connectivity index (χ0n) is 13.8. The number of hydrogen-bond acceptors (Lipinski definition) is 5. The van der Waals surface area contributed by atoms with Gasteiger partial charge in [0.15, 0.2) is 0 Å². The fourth-order valence-corrected chi connectivity index (χ4v) is 2.86. The predicted molar refractivity (Wildman–Crippen MR) is 95.9 cm³/mol. The third kappa shape index (κ3) is 3.12. The third-order valence-electron chi connectivity index (χ3n) is 4.22. The molecule has 4 aromatic heterocycles. The van der Waals surface area contributed by atoms with Crippen LogP contribution in [0.3, 0.4) is 0 Å². The van der Waals surface area contributed by atoms with E-state index >= 15 is 0 Å². The molecule has 0 aromatic carbocycles. The molecule has 25 heavy (non-hydrogen) atoms. The maximum absolute atomic E-state index is 6.23. The lowest BCUT2D eigenvalue weighted by atomic mass is 10.1. The molecule has 4 aromatic rings. The topological polar surface area (TPSA) is 93.4 Å². The van der Waals surface area contributed by atoms with E-state index < -0.39 is 0 Å². The molecule has 0 saturated heterocycles. The van der Waals surface area contributed by atoms with Gasteiger partial charge < -0.3 is 10.7 Å². The lowest BCUT2D eigenvalue weighted by Crippen LogP contribution is -2.15. The van der Waals surface area contributed by atoms with Crippen molar-refractivity contribution in [3.63, 3.8) is 0 Å². The van der Waals surface area contributed by atoms with Crippen LogP contribution in [-0.4, -0.2) is 24.9 Å². The van der Waals surface area contributed by atoms with Crippen LogP contribution in [0.2, 0.25) is 0 Å². The molecule has 3 N–H and O–H groups in total. The first-order valence-corrected chi connectivity index (χ1v) is 8.09. The van der Waals surface area contributed by atoms with Crippen LogP contribution in [0.5, 0.6) is 0 Å². The lowest BCUT2D eigenvalue weighted by molar-refractivity contribution is 0.774. The van der Waals surface area contributed by atoms with E-state index in [0.717, 1.165) is 34.1 Å². The molecule has 0 bridgehead atoms. The van der Waals surface area contributed by atoms with Gasteiger partial charge in [0.2, 0.25) is 0 Å². The minimum Gasteiger partial charge on any atom is -0.346 e. The van der Waals surface area contributed by atoms with Crippen molar-refractivity contribution in [2.24, 2.45) is 5.73 Å². The number of hydrogen-bond donors (Lipinski definition) is 2. The van der Waals surface area contributed by atoms with Gasteiger partial charge in [0.25, 0.3) is 0 Å². The number of rotatable bonds is 4. The summed E-state index contributed by atoms with van der Waals surface area (Å²) in [6.07, 6.45) is 11.7. The van der Waals surface area contributed by atoms with Crippen molar-refractivity contribution >= 4 is 11.0 Å². The van der Waals surface area contributed by atoms with Crippen LogP contribution in [-0.2, 0) is 6.42 Å². The van der Waals surface area contributed by atoms with Gasteiger partial charge in [-0.1, -0.05) is 0 Å². The van der Waals surface area contributed by atoms with Gasteiger partial charge in [-0.2, -0.15) is 0 Å². The van der Waals surface area contributed by atoms with Crippen LogP contribution in [0.4, 0.5) is 0 Å². The van der Waals surface area contributed by atoms with Crippen molar-refractivity contribution in [2.75, 3.05) is 0 Å². The molecule has 4 rings (SSSR count). The Hall–Kier alpha value is -3.12.